The summed E-state index contributed by atoms with van der Waals surface area (Å²) in [5.74, 6) is 1.85. The maximum absolute atomic E-state index is 2.50. The van der Waals surface area contributed by atoms with Gasteiger partial charge >= 0.3 is 0 Å². The Morgan fingerprint density at radius 1 is 0.846 bits per heavy atom. The second-order valence-electron chi connectivity index (χ2n) is 4.57. The number of allylic oxidation sites excluding steroid dienone is 2. The molecule has 0 spiro atoms. The SMILES string of the molecule is C1=C(CC[C]2CCCC2)CCCC1. The van der Waals surface area contributed by atoms with E-state index in [9.17, 15) is 0 Å². The van der Waals surface area contributed by atoms with E-state index in [1.807, 2.05) is 5.92 Å². The minimum Gasteiger partial charge on any atom is -0.0853 e. The molecule has 0 aromatic heterocycles. The van der Waals surface area contributed by atoms with Gasteiger partial charge in [0.25, 0.3) is 0 Å². The van der Waals surface area contributed by atoms with Crippen molar-refractivity contribution < 1.29 is 0 Å². The van der Waals surface area contributed by atoms with Crippen molar-refractivity contribution in [2.75, 3.05) is 0 Å². The summed E-state index contributed by atoms with van der Waals surface area (Å²) in [5.41, 5.74) is 1.76. The molecule has 0 heteroatoms. The number of hydrogen-bond acceptors (Lipinski definition) is 0. The molecular formula is C13H21. The van der Waals surface area contributed by atoms with Crippen molar-refractivity contribution in [1.29, 1.82) is 0 Å². The second kappa shape index (κ2) is 4.83. The fourth-order valence-electron chi connectivity index (χ4n) is 2.59. The van der Waals surface area contributed by atoms with Gasteiger partial charge in [-0.25, -0.2) is 0 Å². The van der Waals surface area contributed by atoms with E-state index in [-0.39, 0.29) is 0 Å². The van der Waals surface area contributed by atoms with Gasteiger partial charge in [0.2, 0.25) is 0 Å². The zero-order valence-corrected chi connectivity index (χ0v) is 8.65. The van der Waals surface area contributed by atoms with Crippen LogP contribution in [0, 0.1) is 5.92 Å². The largest absolute Gasteiger partial charge is 0.0853 e. The predicted molar refractivity (Wildman–Crippen MR) is 57.5 cm³/mol. The van der Waals surface area contributed by atoms with Crippen molar-refractivity contribution in [2.24, 2.45) is 0 Å². The molecule has 13 heavy (non-hydrogen) atoms. The highest BCUT2D eigenvalue weighted by Crippen LogP contribution is 2.33. The quantitative estimate of drug-likeness (QED) is 0.560. The van der Waals surface area contributed by atoms with Crippen molar-refractivity contribution in [2.45, 2.75) is 64.2 Å². The molecule has 0 saturated heterocycles. The molecule has 1 radical (unpaired) electrons. The van der Waals surface area contributed by atoms with Gasteiger partial charge in [-0.1, -0.05) is 24.5 Å². The Kier molecular flexibility index (Phi) is 3.46. The van der Waals surface area contributed by atoms with Gasteiger partial charge in [0.1, 0.15) is 0 Å². The first-order chi connectivity index (χ1) is 6.45. The van der Waals surface area contributed by atoms with Crippen molar-refractivity contribution in [3.05, 3.63) is 17.6 Å². The van der Waals surface area contributed by atoms with E-state index in [4.69, 9.17) is 0 Å². The first-order valence-corrected chi connectivity index (χ1v) is 5.96. The third-order valence-corrected chi connectivity index (χ3v) is 3.50. The average Bonchev–Trinajstić information content (AvgIpc) is 2.69. The summed E-state index contributed by atoms with van der Waals surface area (Å²) in [5, 5.41) is 0. The third kappa shape index (κ3) is 2.86. The maximum atomic E-state index is 2.50. The van der Waals surface area contributed by atoms with Crippen LogP contribution in [0.3, 0.4) is 0 Å². The van der Waals surface area contributed by atoms with Crippen LogP contribution < -0.4 is 0 Å². The maximum Gasteiger partial charge on any atom is -0.0238 e. The molecule has 0 aromatic rings. The molecule has 0 amide bonds. The van der Waals surface area contributed by atoms with Crippen molar-refractivity contribution in [3.63, 3.8) is 0 Å². The van der Waals surface area contributed by atoms with Crippen LogP contribution >= 0.6 is 0 Å². The third-order valence-electron chi connectivity index (χ3n) is 3.50. The number of rotatable bonds is 3. The summed E-state index contributed by atoms with van der Waals surface area (Å²) in [6, 6.07) is 0. The van der Waals surface area contributed by atoms with Gasteiger partial charge in [-0.2, -0.15) is 0 Å². The summed E-state index contributed by atoms with van der Waals surface area (Å²) in [6.07, 6.45) is 16.7. The molecular weight excluding hydrogens is 156 g/mol. The van der Waals surface area contributed by atoms with Gasteiger partial charge in [0.15, 0.2) is 0 Å². The lowest BCUT2D eigenvalue weighted by Crippen LogP contribution is -1.96. The molecule has 0 unspecified atom stereocenters. The van der Waals surface area contributed by atoms with Crippen LogP contribution in [0.1, 0.15) is 64.2 Å². The van der Waals surface area contributed by atoms with Gasteiger partial charge in [0.05, 0.1) is 0 Å². The van der Waals surface area contributed by atoms with E-state index in [2.05, 4.69) is 6.08 Å². The zero-order chi connectivity index (χ0) is 8.93. The zero-order valence-electron chi connectivity index (χ0n) is 8.65. The number of hydrogen-bond donors (Lipinski definition) is 0. The molecule has 1 saturated carbocycles. The Hall–Kier alpha value is -0.260. The summed E-state index contributed by atoms with van der Waals surface area (Å²) >= 11 is 0. The van der Waals surface area contributed by atoms with Crippen LogP contribution in [0.25, 0.3) is 0 Å². The first-order valence-electron chi connectivity index (χ1n) is 5.96. The Morgan fingerprint density at radius 2 is 1.62 bits per heavy atom. The standard InChI is InChI=1S/C13H21/c1-2-6-12(7-3-1)10-11-13-8-4-5-9-13/h6H,1-5,7-11H2. The van der Waals surface area contributed by atoms with Crippen molar-refractivity contribution in [1.82, 2.24) is 0 Å². The molecule has 1 fully saturated rings. The van der Waals surface area contributed by atoms with Gasteiger partial charge in [-0.3, -0.25) is 0 Å². The highest BCUT2D eigenvalue weighted by atomic mass is 14.2. The summed E-state index contributed by atoms with van der Waals surface area (Å²) in [7, 11) is 0. The average molecular weight is 177 g/mol. The van der Waals surface area contributed by atoms with Crippen molar-refractivity contribution >= 4 is 0 Å². The van der Waals surface area contributed by atoms with Crippen LogP contribution in [-0.4, -0.2) is 0 Å². The van der Waals surface area contributed by atoms with E-state index < -0.39 is 0 Å². The summed E-state index contributed by atoms with van der Waals surface area (Å²) in [4.78, 5) is 0. The van der Waals surface area contributed by atoms with E-state index in [0.29, 0.717) is 0 Å². The molecule has 73 valence electrons. The Labute approximate surface area is 82.4 Å². The highest BCUT2D eigenvalue weighted by Gasteiger charge is 2.15. The Balaban J connectivity index is 1.68. The lowest BCUT2D eigenvalue weighted by molar-refractivity contribution is 0.652. The highest BCUT2D eigenvalue weighted by molar-refractivity contribution is 5.08. The fourth-order valence-corrected chi connectivity index (χ4v) is 2.59. The minimum absolute atomic E-state index is 1.35. The topological polar surface area (TPSA) is 0 Å². The van der Waals surface area contributed by atoms with E-state index in [1.165, 1.54) is 64.2 Å². The second-order valence-corrected chi connectivity index (χ2v) is 4.57. The summed E-state index contributed by atoms with van der Waals surface area (Å²) < 4.78 is 0. The van der Waals surface area contributed by atoms with Gasteiger partial charge in [0, 0.05) is 0 Å². The van der Waals surface area contributed by atoms with Gasteiger partial charge in [-0.15, -0.1) is 0 Å². The molecule has 0 atom stereocenters. The molecule has 2 rings (SSSR count). The lowest BCUT2D eigenvalue weighted by atomic mass is 9.92. The molecule has 0 aliphatic heterocycles. The van der Waals surface area contributed by atoms with Gasteiger partial charge < -0.3 is 0 Å². The molecule has 0 nitrogen and oxygen atoms in total. The van der Waals surface area contributed by atoms with E-state index >= 15 is 0 Å². The fraction of sp³-hybridized carbons (Fsp3) is 0.769. The first kappa shape index (κ1) is 9.30. The summed E-state index contributed by atoms with van der Waals surface area (Å²) in [6.45, 7) is 0. The van der Waals surface area contributed by atoms with Crippen LogP contribution in [0.2, 0.25) is 0 Å². The predicted octanol–water partition coefficient (Wildman–Crippen LogP) is 4.42. The lowest BCUT2D eigenvalue weighted by Gasteiger charge is -2.14. The Morgan fingerprint density at radius 3 is 2.31 bits per heavy atom. The van der Waals surface area contributed by atoms with E-state index in [0.717, 1.165) is 0 Å². The van der Waals surface area contributed by atoms with Crippen LogP contribution in [-0.2, 0) is 0 Å². The smallest absolute Gasteiger partial charge is 0.0238 e. The monoisotopic (exact) mass is 177 g/mol. The molecule has 2 aliphatic carbocycles. The van der Waals surface area contributed by atoms with Crippen molar-refractivity contribution in [3.8, 4) is 0 Å². The minimum atomic E-state index is 1.35. The van der Waals surface area contributed by atoms with Gasteiger partial charge in [-0.05, 0) is 57.3 Å². The molecule has 0 aromatic carbocycles. The normalized spacial score (nSPS) is 24.8. The van der Waals surface area contributed by atoms with Crippen LogP contribution in [0.4, 0.5) is 0 Å². The molecule has 2 aliphatic rings. The molecule has 0 heterocycles. The van der Waals surface area contributed by atoms with E-state index in [1.54, 1.807) is 5.57 Å². The van der Waals surface area contributed by atoms with Crippen LogP contribution in [0.5, 0.6) is 0 Å². The molecule has 0 bridgehead atoms. The Bertz CT molecular complexity index is 172. The molecule has 0 N–H and O–H groups in total. The van der Waals surface area contributed by atoms with Crippen LogP contribution in [0.15, 0.2) is 11.6 Å².